The predicted octanol–water partition coefficient (Wildman–Crippen LogP) is 1.28. The Morgan fingerprint density at radius 2 is 1.65 bits per heavy atom. The van der Waals surface area contributed by atoms with Crippen molar-refractivity contribution < 1.29 is 19.7 Å². The topological polar surface area (TPSA) is 84.7 Å². The van der Waals surface area contributed by atoms with Crippen LogP contribution in [-0.2, 0) is 0 Å². The van der Waals surface area contributed by atoms with Crippen LogP contribution in [0.15, 0.2) is 24.3 Å². The van der Waals surface area contributed by atoms with Gasteiger partial charge in [-0.15, -0.1) is 0 Å². The fourth-order valence-electron chi connectivity index (χ4n) is 1.59. The number of ether oxygens (including phenoxy) is 2. The third kappa shape index (κ3) is 1.69. The number of fused-ring (bicyclic) bond motifs is 1. The number of benzene rings is 1. The van der Waals surface area contributed by atoms with E-state index in [9.17, 15) is 10.2 Å². The number of hydrogen-bond donors (Lipinski definition) is 2. The van der Waals surface area contributed by atoms with Gasteiger partial charge in [0.1, 0.15) is 0 Å². The Morgan fingerprint density at radius 3 is 2.41 bits per heavy atom. The van der Waals surface area contributed by atoms with E-state index in [0.29, 0.717) is 17.1 Å². The predicted molar refractivity (Wildman–Crippen MR) is 56.9 cm³/mol. The van der Waals surface area contributed by atoms with Gasteiger partial charge >= 0.3 is 0 Å². The zero-order valence-corrected chi connectivity index (χ0v) is 8.62. The molecule has 3 rings (SSSR count). The van der Waals surface area contributed by atoms with Crippen LogP contribution in [0.2, 0.25) is 0 Å². The maximum Gasteiger partial charge on any atom is 0.231 e. The molecule has 0 spiro atoms. The zero-order valence-electron chi connectivity index (χ0n) is 8.62. The fraction of sp³-hybridized carbons (Fsp3) is 0.0909. The quantitative estimate of drug-likeness (QED) is 0.770. The van der Waals surface area contributed by atoms with Crippen LogP contribution in [-0.4, -0.2) is 27.0 Å². The molecule has 0 atom stereocenters. The molecule has 2 aromatic rings. The lowest BCUT2D eigenvalue weighted by atomic mass is 10.2. The maximum absolute atomic E-state index is 9.28. The van der Waals surface area contributed by atoms with Crippen LogP contribution in [0.3, 0.4) is 0 Å². The van der Waals surface area contributed by atoms with E-state index in [4.69, 9.17) is 9.47 Å². The summed E-state index contributed by atoms with van der Waals surface area (Å²) in [5.74, 6) is 0.892. The minimum absolute atomic E-state index is 0.185. The smallest absolute Gasteiger partial charge is 0.231 e. The molecule has 0 fully saturated rings. The Bertz CT molecular complexity index is 565. The molecular formula is C11H8N2O4. The Hall–Kier alpha value is -2.50. The van der Waals surface area contributed by atoms with Gasteiger partial charge in [0.05, 0.1) is 6.07 Å². The van der Waals surface area contributed by atoms with Crippen molar-refractivity contribution in [3.05, 3.63) is 24.3 Å². The Labute approximate surface area is 96.1 Å². The van der Waals surface area contributed by atoms with Gasteiger partial charge in [-0.2, -0.15) is 9.97 Å². The van der Waals surface area contributed by atoms with Crippen LogP contribution in [0, 0.1) is 0 Å². The van der Waals surface area contributed by atoms with E-state index in [1.54, 1.807) is 18.2 Å². The highest BCUT2D eigenvalue weighted by Gasteiger charge is 2.15. The number of aromatic hydroxyl groups is 2. The summed E-state index contributed by atoms with van der Waals surface area (Å²) in [6.45, 7) is 0.185. The first kappa shape index (κ1) is 9.71. The standard InChI is InChI=1S/C11H8N2O4/c14-9-4-10(15)13-11(12-9)6-1-2-7-8(3-6)17-5-16-7/h1-4H,5H2,(H2,12,13,14,15). The molecule has 0 saturated carbocycles. The average Bonchev–Trinajstić information content (AvgIpc) is 2.74. The summed E-state index contributed by atoms with van der Waals surface area (Å²) in [4.78, 5) is 7.64. The molecule has 1 aliphatic rings. The molecule has 1 aromatic heterocycles. The molecule has 2 heterocycles. The Kier molecular flexibility index (Phi) is 2.01. The van der Waals surface area contributed by atoms with Gasteiger partial charge in [0, 0.05) is 5.56 Å². The fourth-order valence-corrected chi connectivity index (χ4v) is 1.59. The molecule has 1 aromatic carbocycles. The number of rotatable bonds is 1. The van der Waals surface area contributed by atoms with Crippen molar-refractivity contribution in [3.8, 4) is 34.6 Å². The molecule has 17 heavy (non-hydrogen) atoms. The molecule has 0 unspecified atom stereocenters. The van der Waals surface area contributed by atoms with E-state index >= 15 is 0 Å². The first-order chi connectivity index (χ1) is 8.22. The van der Waals surface area contributed by atoms with Crippen LogP contribution in [0.5, 0.6) is 23.3 Å². The average molecular weight is 232 g/mol. The lowest BCUT2D eigenvalue weighted by Crippen LogP contribution is -1.93. The molecule has 2 N–H and O–H groups in total. The van der Waals surface area contributed by atoms with Crippen LogP contribution in [0.25, 0.3) is 11.4 Å². The number of aromatic nitrogens is 2. The number of nitrogens with zero attached hydrogens (tertiary/aromatic N) is 2. The molecule has 0 radical (unpaired) electrons. The van der Waals surface area contributed by atoms with E-state index in [1.165, 1.54) is 0 Å². The molecule has 0 aliphatic carbocycles. The SMILES string of the molecule is Oc1cc(O)nc(-c2ccc3c(c2)OCO3)n1. The van der Waals surface area contributed by atoms with Crippen molar-refractivity contribution in [2.75, 3.05) is 6.79 Å². The van der Waals surface area contributed by atoms with Gasteiger partial charge in [0.25, 0.3) is 0 Å². The summed E-state index contributed by atoms with van der Waals surface area (Å²) < 4.78 is 10.4. The summed E-state index contributed by atoms with van der Waals surface area (Å²) >= 11 is 0. The summed E-state index contributed by atoms with van der Waals surface area (Å²) in [7, 11) is 0. The molecule has 6 nitrogen and oxygen atoms in total. The van der Waals surface area contributed by atoms with Gasteiger partial charge in [-0.25, -0.2) is 0 Å². The minimum Gasteiger partial charge on any atom is -0.493 e. The van der Waals surface area contributed by atoms with Gasteiger partial charge in [0.2, 0.25) is 18.6 Å². The van der Waals surface area contributed by atoms with Gasteiger partial charge in [-0.1, -0.05) is 0 Å². The summed E-state index contributed by atoms with van der Waals surface area (Å²) in [6, 6.07) is 6.21. The van der Waals surface area contributed by atoms with E-state index in [0.717, 1.165) is 6.07 Å². The minimum atomic E-state index is -0.287. The third-order valence-electron chi connectivity index (χ3n) is 2.33. The van der Waals surface area contributed by atoms with Gasteiger partial charge < -0.3 is 19.7 Å². The highest BCUT2D eigenvalue weighted by atomic mass is 16.7. The zero-order chi connectivity index (χ0) is 11.8. The molecule has 6 heteroatoms. The first-order valence-electron chi connectivity index (χ1n) is 4.89. The van der Waals surface area contributed by atoms with Crippen molar-refractivity contribution in [1.29, 1.82) is 0 Å². The van der Waals surface area contributed by atoms with Crippen molar-refractivity contribution in [1.82, 2.24) is 9.97 Å². The molecule has 0 amide bonds. The largest absolute Gasteiger partial charge is 0.493 e. The van der Waals surface area contributed by atoms with Gasteiger partial charge in [-0.3, -0.25) is 0 Å². The van der Waals surface area contributed by atoms with Gasteiger partial charge in [0.15, 0.2) is 17.3 Å². The summed E-state index contributed by atoms with van der Waals surface area (Å²) in [6.07, 6.45) is 0. The Balaban J connectivity index is 2.09. The highest BCUT2D eigenvalue weighted by Crippen LogP contribution is 2.35. The number of hydrogen-bond acceptors (Lipinski definition) is 6. The second kappa shape index (κ2) is 3.51. The molecule has 86 valence electrons. The third-order valence-corrected chi connectivity index (χ3v) is 2.33. The van der Waals surface area contributed by atoms with E-state index < -0.39 is 0 Å². The first-order valence-corrected chi connectivity index (χ1v) is 4.89. The normalized spacial score (nSPS) is 12.7. The second-order valence-electron chi connectivity index (χ2n) is 3.48. The van der Waals surface area contributed by atoms with E-state index in [-0.39, 0.29) is 24.4 Å². The van der Waals surface area contributed by atoms with Crippen molar-refractivity contribution in [2.24, 2.45) is 0 Å². The van der Waals surface area contributed by atoms with Gasteiger partial charge in [-0.05, 0) is 18.2 Å². The lowest BCUT2D eigenvalue weighted by molar-refractivity contribution is 0.174. The highest BCUT2D eigenvalue weighted by molar-refractivity contribution is 5.62. The van der Waals surface area contributed by atoms with Crippen molar-refractivity contribution >= 4 is 0 Å². The van der Waals surface area contributed by atoms with Crippen LogP contribution < -0.4 is 9.47 Å². The maximum atomic E-state index is 9.28. The van der Waals surface area contributed by atoms with Crippen LogP contribution in [0.4, 0.5) is 0 Å². The van der Waals surface area contributed by atoms with Crippen molar-refractivity contribution in [2.45, 2.75) is 0 Å². The molecular weight excluding hydrogens is 224 g/mol. The molecule has 1 aliphatic heterocycles. The summed E-state index contributed by atoms with van der Waals surface area (Å²) in [5, 5.41) is 18.6. The van der Waals surface area contributed by atoms with Crippen LogP contribution >= 0.6 is 0 Å². The van der Waals surface area contributed by atoms with E-state index in [1.807, 2.05) is 0 Å². The van der Waals surface area contributed by atoms with Crippen molar-refractivity contribution in [3.63, 3.8) is 0 Å². The second-order valence-corrected chi connectivity index (χ2v) is 3.48. The Morgan fingerprint density at radius 1 is 0.941 bits per heavy atom. The van der Waals surface area contributed by atoms with E-state index in [2.05, 4.69) is 9.97 Å². The lowest BCUT2D eigenvalue weighted by Gasteiger charge is -2.02. The molecule has 0 bridgehead atoms. The summed E-state index contributed by atoms with van der Waals surface area (Å²) in [5.41, 5.74) is 0.625. The van der Waals surface area contributed by atoms with Crippen LogP contribution in [0.1, 0.15) is 0 Å². The monoisotopic (exact) mass is 232 g/mol. The molecule has 0 saturated heterocycles.